The van der Waals surface area contributed by atoms with Gasteiger partial charge in [-0.1, -0.05) is 42.5 Å². The molecule has 0 unspecified atom stereocenters. The molecule has 0 saturated heterocycles. The lowest BCUT2D eigenvalue weighted by Crippen LogP contribution is -2.50. The number of hydrogen-bond acceptors (Lipinski definition) is 6. The molecule has 0 heterocycles. The van der Waals surface area contributed by atoms with E-state index in [-0.39, 0.29) is 18.8 Å². The van der Waals surface area contributed by atoms with Crippen molar-refractivity contribution in [3.05, 3.63) is 65.7 Å². The Kier molecular flexibility index (Phi) is 9.03. The Balaban J connectivity index is 1.74. The summed E-state index contributed by atoms with van der Waals surface area (Å²) < 4.78 is 5.03. The molecular formula is C22H25N3O7. The zero-order valence-corrected chi connectivity index (χ0v) is 17.4. The Hall–Kier alpha value is -4.08. The van der Waals surface area contributed by atoms with Crippen molar-refractivity contribution >= 4 is 23.9 Å². The molecule has 0 saturated carbocycles. The number of hydrogen-bond donors (Lipinski definition) is 5. The molecule has 10 heteroatoms. The number of carboxylic acids is 1. The molecule has 2 aromatic carbocycles. The Labute approximate surface area is 184 Å². The van der Waals surface area contributed by atoms with Gasteiger partial charge in [0, 0.05) is 6.42 Å². The van der Waals surface area contributed by atoms with Gasteiger partial charge in [-0.2, -0.15) is 0 Å². The number of nitrogens with one attached hydrogen (secondary N) is 3. The van der Waals surface area contributed by atoms with Crippen LogP contribution in [0.2, 0.25) is 0 Å². The van der Waals surface area contributed by atoms with Crippen LogP contribution in [0.5, 0.6) is 5.75 Å². The molecule has 2 atom stereocenters. The largest absolute Gasteiger partial charge is 0.508 e. The minimum Gasteiger partial charge on any atom is -0.508 e. The second kappa shape index (κ2) is 11.9. The van der Waals surface area contributed by atoms with Crippen LogP contribution in [0.15, 0.2) is 54.6 Å². The predicted octanol–water partition coefficient (Wildman–Crippen LogP) is 0.935. The molecule has 2 rings (SSSR count). The van der Waals surface area contributed by atoms with Crippen LogP contribution in [0.3, 0.4) is 0 Å². The number of carbonyl (C=O) groups is 4. The molecule has 10 nitrogen and oxygen atoms in total. The topological polar surface area (TPSA) is 154 Å². The maximum atomic E-state index is 12.1. The highest BCUT2D eigenvalue weighted by molar-refractivity contribution is 5.90. The summed E-state index contributed by atoms with van der Waals surface area (Å²) >= 11 is 0. The van der Waals surface area contributed by atoms with Crippen LogP contribution in [0.25, 0.3) is 0 Å². The predicted molar refractivity (Wildman–Crippen MR) is 114 cm³/mol. The number of amides is 3. The number of aliphatic carboxylic acids is 1. The first-order valence-corrected chi connectivity index (χ1v) is 9.79. The summed E-state index contributed by atoms with van der Waals surface area (Å²) in [6.45, 7) is 0.992. The summed E-state index contributed by atoms with van der Waals surface area (Å²) in [4.78, 5) is 47.4. The van der Waals surface area contributed by atoms with E-state index in [4.69, 9.17) is 4.74 Å². The third kappa shape index (κ3) is 8.34. The summed E-state index contributed by atoms with van der Waals surface area (Å²) in [6.07, 6.45) is -0.790. The van der Waals surface area contributed by atoms with Crippen LogP contribution in [-0.4, -0.2) is 52.7 Å². The standard InChI is InChI=1S/C22H25N3O7/c1-14(24-22(31)32-13-16-5-3-2-4-6-16)20(28)23-12-19(27)25-18(21(29)30)11-15-7-9-17(26)10-8-15/h2-10,14,18,26H,11-13H2,1H3,(H,23,28)(H,24,31)(H,25,27)(H,29,30)/t14-,18-/m0/s1. The molecule has 0 radical (unpaired) electrons. The Bertz CT molecular complexity index is 932. The molecule has 0 bridgehead atoms. The van der Waals surface area contributed by atoms with Gasteiger partial charge >= 0.3 is 12.1 Å². The van der Waals surface area contributed by atoms with Crippen LogP contribution in [0.1, 0.15) is 18.1 Å². The number of rotatable bonds is 10. The normalized spacial score (nSPS) is 12.2. The van der Waals surface area contributed by atoms with Crippen molar-refractivity contribution in [2.75, 3.05) is 6.54 Å². The van der Waals surface area contributed by atoms with Crippen molar-refractivity contribution in [1.29, 1.82) is 0 Å². The zero-order valence-electron chi connectivity index (χ0n) is 17.4. The lowest BCUT2D eigenvalue weighted by atomic mass is 10.1. The number of alkyl carbamates (subject to hydrolysis) is 1. The molecule has 0 aliphatic carbocycles. The van der Waals surface area contributed by atoms with E-state index in [1.165, 1.54) is 19.1 Å². The van der Waals surface area contributed by atoms with E-state index >= 15 is 0 Å². The van der Waals surface area contributed by atoms with Gasteiger partial charge in [-0.3, -0.25) is 9.59 Å². The molecule has 0 spiro atoms. The van der Waals surface area contributed by atoms with Gasteiger partial charge < -0.3 is 30.9 Å². The number of phenols is 1. The van der Waals surface area contributed by atoms with E-state index in [0.29, 0.717) is 5.56 Å². The van der Waals surface area contributed by atoms with Gasteiger partial charge in [0.15, 0.2) is 0 Å². The summed E-state index contributed by atoms with van der Waals surface area (Å²) in [5.74, 6) is -2.54. The molecule has 2 aromatic rings. The third-order valence-electron chi connectivity index (χ3n) is 4.37. The van der Waals surface area contributed by atoms with Crippen molar-refractivity contribution < 1.29 is 34.1 Å². The maximum absolute atomic E-state index is 12.1. The van der Waals surface area contributed by atoms with Gasteiger partial charge in [0.1, 0.15) is 24.4 Å². The molecule has 0 aromatic heterocycles. The van der Waals surface area contributed by atoms with E-state index in [9.17, 15) is 29.4 Å². The minimum atomic E-state index is -1.24. The maximum Gasteiger partial charge on any atom is 0.408 e. The van der Waals surface area contributed by atoms with Gasteiger partial charge in [0.05, 0.1) is 6.54 Å². The van der Waals surface area contributed by atoms with Gasteiger partial charge in [-0.25, -0.2) is 9.59 Å². The van der Waals surface area contributed by atoms with E-state index < -0.39 is 42.5 Å². The highest BCUT2D eigenvalue weighted by Gasteiger charge is 2.22. The van der Waals surface area contributed by atoms with Crippen molar-refractivity contribution in [1.82, 2.24) is 16.0 Å². The second-order valence-corrected chi connectivity index (χ2v) is 6.97. The van der Waals surface area contributed by atoms with E-state index in [1.807, 2.05) is 6.07 Å². The summed E-state index contributed by atoms with van der Waals surface area (Å²) in [5, 5.41) is 25.6. The average molecular weight is 443 g/mol. The highest BCUT2D eigenvalue weighted by Crippen LogP contribution is 2.11. The van der Waals surface area contributed by atoms with Gasteiger partial charge in [0.25, 0.3) is 0 Å². The Morgan fingerprint density at radius 2 is 1.59 bits per heavy atom. The smallest absolute Gasteiger partial charge is 0.408 e. The van der Waals surface area contributed by atoms with Crippen molar-refractivity contribution in [2.45, 2.75) is 32.0 Å². The Morgan fingerprint density at radius 3 is 2.22 bits per heavy atom. The number of phenolic OH excluding ortho intramolecular Hbond substituents is 1. The van der Waals surface area contributed by atoms with Gasteiger partial charge in [-0.05, 0) is 30.2 Å². The number of aromatic hydroxyl groups is 1. The summed E-state index contributed by atoms with van der Waals surface area (Å²) in [5.41, 5.74) is 1.39. The summed E-state index contributed by atoms with van der Waals surface area (Å²) in [7, 11) is 0. The molecule has 32 heavy (non-hydrogen) atoms. The fourth-order valence-electron chi connectivity index (χ4n) is 2.64. The molecular weight excluding hydrogens is 418 g/mol. The molecule has 3 amide bonds. The molecule has 5 N–H and O–H groups in total. The molecule has 0 fully saturated rings. The molecule has 0 aliphatic rings. The van der Waals surface area contributed by atoms with Crippen LogP contribution < -0.4 is 16.0 Å². The minimum absolute atomic E-state index is 0.000509. The lowest BCUT2D eigenvalue weighted by molar-refractivity contribution is -0.141. The first-order valence-electron chi connectivity index (χ1n) is 9.79. The SMILES string of the molecule is C[C@H](NC(=O)OCc1ccccc1)C(=O)NCC(=O)N[C@@H](Cc1ccc(O)cc1)C(=O)O. The van der Waals surface area contributed by atoms with E-state index in [2.05, 4.69) is 16.0 Å². The monoisotopic (exact) mass is 443 g/mol. The van der Waals surface area contributed by atoms with Crippen molar-refractivity contribution in [2.24, 2.45) is 0 Å². The third-order valence-corrected chi connectivity index (χ3v) is 4.37. The van der Waals surface area contributed by atoms with Crippen LogP contribution in [-0.2, 0) is 32.1 Å². The fourth-order valence-corrected chi connectivity index (χ4v) is 2.64. The van der Waals surface area contributed by atoms with Crippen LogP contribution in [0.4, 0.5) is 4.79 Å². The number of carbonyl (C=O) groups excluding carboxylic acids is 3. The fraction of sp³-hybridized carbons (Fsp3) is 0.273. The number of ether oxygens (including phenoxy) is 1. The lowest BCUT2D eigenvalue weighted by Gasteiger charge is -2.17. The summed E-state index contributed by atoms with van der Waals surface area (Å²) in [6, 6.07) is 12.7. The van der Waals surface area contributed by atoms with Crippen molar-refractivity contribution in [3.63, 3.8) is 0 Å². The van der Waals surface area contributed by atoms with E-state index in [1.54, 1.807) is 36.4 Å². The van der Waals surface area contributed by atoms with Gasteiger partial charge in [0.2, 0.25) is 11.8 Å². The van der Waals surface area contributed by atoms with Crippen LogP contribution in [0, 0.1) is 0 Å². The molecule has 170 valence electrons. The van der Waals surface area contributed by atoms with E-state index in [0.717, 1.165) is 5.56 Å². The second-order valence-electron chi connectivity index (χ2n) is 6.97. The molecule has 0 aliphatic heterocycles. The Morgan fingerprint density at radius 1 is 0.938 bits per heavy atom. The first kappa shape index (κ1) is 24.2. The highest BCUT2D eigenvalue weighted by atomic mass is 16.5. The quantitative estimate of drug-likeness (QED) is 0.366. The van der Waals surface area contributed by atoms with Crippen molar-refractivity contribution in [3.8, 4) is 5.75 Å². The first-order chi connectivity index (χ1) is 15.2. The zero-order chi connectivity index (χ0) is 23.5. The number of benzene rings is 2. The van der Waals surface area contributed by atoms with Gasteiger partial charge in [-0.15, -0.1) is 0 Å². The average Bonchev–Trinajstić information content (AvgIpc) is 2.77. The number of carboxylic acid groups (broad SMARTS) is 1. The van der Waals surface area contributed by atoms with Crippen LogP contribution >= 0.6 is 0 Å².